The molecule has 0 saturated heterocycles. The first-order valence-electron chi connectivity index (χ1n) is 23.7. The second-order valence-electron chi connectivity index (χ2n) is 18.3. The zero-order valence-electron chi connectivity index (χ0n) is 38.9. The number of carbonyl (C=O) groups excluding carboxylic acids is 9. The Morgan fingerprint density at radius 3 is 1.49 bits per heavy atom. The van der Waals surface area contributed by atoms with E-state index in [1.165, 1.54) is 6.07 Å². The number of phenols is 1. The molecule has 20 heteroatoms. The molecular formula is C47H69IN6O13. The Morgan fingerprint density at radius 1 is 0.612 bits per heavy atom. The molecule has 0 aromatic heterocycles. The topological polar surface area (TPSA) is 288 Å². The van der Waals surface area contributed by atoms with E-state index >= 15 is 0 Å². The van der Waals surface area contributed by atoms with E-state index in [4.69, 9.17) is 19.9 Å². The van der Waals surface area contributed by atoms with E-state index < -0.39 is 102 Å². The summed E-state index contributed by atoms with van der Waals surface area (Å²) in [6.45, 7) is 4.38. The van der Waals surface area contributed by atoms with Crippen LogP contribution in [0.2, 0.25) is 0 Å². The summed E-state index contributed by atoms with van der Waals surface area (Å²) >= 11 is 1.91. The lowest BCUT2D eigenvalue weighted by Crippen LogP contribution is -2.60. The van der Waals surface area contributed by atoms with E-state index in [0.717, 1.165) is 64.7 Å². The molecule has 3 saturated carbocycles. The second kappa shape index (κ2) is 27.7. The number of hydrogen-bond acceptors (Lipinski definition) is 13. The number of nitrogens with one attached hydrogen (secondary N) is 5. The van der Waals surface area contributed by atoms with Gasteiger partial charge >= 0.3 is 17.9 Å². The zero-order valence-corrected chi connectivity index (χ0v) is 41.0. The maximum atomic E-state index is 14.2. The number of esters is 3. The summed E-state index contributed by atoms with van der Waals surface area (Å²) < 4.78 is 17.4. The van der Waals surface area contributed by atoms with Crippen LogP contribution in [0.25, 0.3) is 0 Å². The van der Waals surface area contributed by atoms with Crippen molar-refractivity contribution in [2.45, 2.75) is 198 Å². The summed E-state index contributed by atoms with van der Waals surface area (Å²) in [6.07, 6.45) is 9.55. The van der Waals surface area contributed by atoms with Crippen molar-refractivity contribution in [1.29, 1.82) is 0 Å². The molecule has 3 fully saturated rings. The van der Waals surface area contributed by atoms with E-state index in [1.807, 2.05) is 22.6 Å². The van der Waals surface area contributed by atoms with Crippen molar-refractivity contribution >= 4 is 75.9 Å². The Hall–Kier alpha value is -5.02. The van der Waals surface area contributed by atoms with Crippen molar-refractivity contribution in [3.05, 3.63) is 27.3 Å². The van der Waals surface area contributed by atoms with Gasteiger partial charge in [0.2, 0.25) is 35.4 Å². The fraction of sp³-hybridized carbons (Fsp3) is 0.681. The summed E-state index contributed by atoms with van der Waals surface area (Å²) in [5, 5.41) is 22.7. The van der Waals surface area contributed by atoms with Crippen molar-refractivity contribution in [1.82, 2.24) is 26.6 Å². The van der Waals surface area contributed by atoms with Gasteiger partial charge in [0.15, 0.2) is 0 Å². The summed E-state index contributed by atoms with van der Waals surface area (Å²) in [7, 11) is 0. The van der Waals surface area contributed by atoms with E-state index in [0.29, 0.717) is 47.7 Å². The summed E-state index contributed by atoms with van der Waals surface area (Å²) in [5.41, 5.74) is 6.25. The molecule has 0 aliphatic heterocycles. The number of amides is 6. The fourth-order valence-corrected chi connectivity index (χ4v) is 9.10. The number of phenolic OH excluding ortho intramolecular Hbond substituents is 1. The molecule has 0 spiro atoms. The minimum atomic E-state index is -1.61. The number of halogens is 1. The fourth-order valence-electron chi connectivity index (χ4n) is 8.52. The highest BCUT2D eigenvalue weighted by molar-refractivity contribution is 14.1. The molecular weight excluding hydrogens is 983 g/mol. The van der Waals surface area contributed by atoms with Gasteiger partial charge in [-0.2, -0.15) is 0 Å². The van der Waals surface area contributed by atoms with Crippen LogP contribution in [0.5, 0.6) is 5.75 Å². The van der Waals surface area contributed by atoms with Crippen molar-refractivity contribution in [3.63, 3.8) is 0 Å². The Kier molecular flexibility index (Phi) is 22.6. The van der Waals surface area contributed by atoms with Gasteiger partial charge in [-0.05, 0) is 130 Å². The highest BCUT2D eigenvalue weighted by Gasteiger charge is 2.36. The standard InChI is InChI=1S/C47H69IN6O13/c1-27(2)42(47(64)53-37(26-41(59)67-32-17-11-6-12-18-32)46(63)52-35(43(49)60)24-29-19-21-38(56)33(48)23-29)54-44(61)34(20-22-39(57)65-30-13-7-4-8-14-30)51-45(62)36(50-28(3)55)25-40(58)66-31-15-9-5-10-16-31/h19,21,23,27,30-32,34-37,42,56H,4-18,20,22,24-26H2,1-3H3,(H2,49,60)(H,50,55)(H,51,62)(H,52,63)(H,53,64)(H,54,61)/t34-,35-,36-,37-,42-/m0/s1. The van der Waals surface area contributed by atoms with E-state index in [2.05, 4.69) is 26.6 Å². The van der Waals surface area contributed by atoms with Gasteiger partial charge < -0.3 is 51.6 Å². The van der Waals surface area contributed by atoms with Gasteiger partial charge in [0.1, 0.15) is 54.3 Å². The molecule has 6 amide bonds. The highest BCUT2D eigenvalue weighted by atomic mass is 127. The third-order valence-corrected chi connectivity index (χ3v) is 13.1. The lowest BCUT2D eigenvalue weighted by molar-refractivity contribution is -0.153. The largest absolute Gasteiger partial charge is 0.507 e. The van der Waals surface area contributed by atoms with Crippen LogP contribution in [-0.4, -0.2) is 107 Å². The Bertz CT molecular complexity index is 1900. The van der Waals surface area contributed by atoms with E-state index in [-0.39, 0.29) is 43.3 Å². The normalized spacial score (nSPS) is 18.2. The molecule has 8 N–H and O–H groups in total. The maximum Gasteiger partial charge on any atom is 0.308 e. The Labute approximate surface area is 405 Å². The van der Waals surface area contributed by atoms with Crippen molar-refractivity contribution in [2.75, 3.05) is 0 Å². The van der Waals surface area contributed by atoms with Crippen molar-refractivity contribution < 1.29 is 62.5 Å². The molecule has 1 aromatic rings. The van der Waals surface area contributed by atoms with Crippen molar-refractivity contribution in [2.24, 2.45) is 11.7 Å². The number of ether oxygens (including phenoxy) is 3. The maximum absolute atomic E-state index is 14.2. The van der Waals surface area contributed by atoms with E-state index in [1.54, 1.807) is 26.0 Å². The number of aromatic hydroxyl groups is 1. The second-order valence-corrected chi connectivity index (χ2v) is 19.4. The number of benzene rings is 1. The summed E-state index contributed by atoms with van der Waals surface area (Å²) in [6, 6.07) is -2.66. The van der Waals surface area contributed by atoms with Crippen LogP contribution < -0.4 is 32.3 Å². The van der Waals surface area contributed by atoms with Gasteiger partial charge in [-0.1, -0.05) is 39.2 Å². The number of rotatable bonds is 23. The van der Waals surface area contributed by atoms with Crippen LogP contribution in [0, 0.1) is 9.49 Å². The first-order valence-corrected chi connectivity index (χ1v) is 24.8. The van der Waals surface area contributed by atoms with Crippen LogP contribution >= 0.6 is 22.6 Å². The third kappa shape index (κ3) is 19.2. The molecule has 372 valence electrons. The molecule has 3 aliphatic carbocycles. The van der Waals surface area contributed by atoms with Gasteiger partial charge in [0.25, 0.3) is 0 Å². The lowest BCUT2D eigenvalue weighted by atomic mass is 9.97. The SMILES string of the molecule is CC(=O)N[C@@H](CC(=O)OC1CCCCC1)C(=O)N[C@@H](CCC(=O)OC1CCCCC1)C(=O)N[C@H](C(=O)N[C@@H](CC(=O)OC1CCCCC1)C(=O)N[C@@H](Cc1ccc(O)c(I)c1)C(N)=O)C(C)C. The van der Waals surface area contributed by atoms with Crippen LogP contribution in [0.3, 0.4) is 0 Å². The average molecular weight is 1050 g/mol. The number of carbonyl (C=O) groups is 9. The smallest absolute Gasteiger partial charge is 0.308 e. The molecule has 0 radical (unpaired) electrons. The monoisotopic (exact) mass is 1050 g/mol. The molecule has 0 heterocycles. The summed E-state index contributed by atoms with van der Waals surface area (Å²) in [5.74, 6) is -7.94. The predicted molar refractivity (Wildman–Crippen MR) is 251 cm³/mol. The van der Waals surface area contributed by atoms with Gasteiger partial charge in [-0.3, -0.25) is 43.2 Å². The number of primary amides is 1. The first-order chi connectivity index (χ1) is 31.9. The predicted octanol–water partition coefficient (Wildman–Crippen LogP) is 3.31. The minimum absolute atomic E-state index is 0.0155. The van der Waals surface area contributed by atoms with Crippen LogP contribution in [0.4, 0.5) is 0 Å². The quantitative estimate of drug-likeness (QED) is 0.0471. The molecule has 0 unspecified atom stereocenters. The van der Waals surface area contributed by atoms with Crippen LogP contribution in [-0.2, 0) is 63.8 Å². The van der Waals surface area contributed by atoms with E-state index in [9.17, 15) is 48.3 Å². The molecule has 67 heavy (non-hydrogen) atoms. The average Bonchev–Trinajstić information content (AvgIpc) is 3.27. The molecule has 5 atom stereocenters. The zero-order chi connectivity index (χ0) is 49.0. The number of nitrogens with two attached hydrogens (primary N) is 1. The van der Waals surface area contributed by atoms with Gasteiger partial charge in [0, 0.05) is 19.8 Å². The molecule has 19 nitrogen and oxygen atoms in total. The molecule has 1 aromatic carbocycles. The van der Waals surface area contributed by atoms with Gasteiger partial charge in [-0.25, -0.2) is 0 Å². The minimum Gasteiger partial charge on any atom is -0.507 e. The summed E-state index contributed by atoms with van der Waals surface area (Å²) in [4.78, 5) is 120. The molecule has 4 rings (SSSR count). The van der Waals surface area contributed by atoms with Gasteiger partial charge in [-0.15, -0.1) is 0 Å². The van der Waals surface area contributed by atoms with Crippen LogP contribution in [0.1, 0.15) is 148 Å². The Balaban J connectivity index is 1.54. The molecule has 3 aliphatic rings. The lowest BCUT2D eigenvalue weighted by Gasteiger charge is -2.29. The van der Waals surface area contributed by atoms with Gasteiger partial charge in [0.05, 0.1) is 16.4 Å². The Morgan fingerprint density at radius 2 is 1.04 bits per heavy atom. The number of hydrogen-bond donors (Lipinski definition) is 7. The first kappa shape index (κ1) is 54.6. The molecule has 0 bridgehead atoms. The van der Waals surface area contributed by atoms with Crippen LogP contribution in [0.15, 0.2) is 18.2 Å². The highest BCUT2D eigenvalue weighted by Crippen LogP contribution is 2.24. The third-order valence-electron chi connectivity index (χ3n) is 12.2. The van der Waals surface area contributed by atoms with Crippen molar-refractivity contribution in [3.8, 4) is 5.75 Å².